The van der Waals surface area contributed by atoms with Gasteiger partial charge in [-0.3, -0.25) is 19.5 Å². The minimum absolute atomic E-state index is 0.214. The summed E-state index contributed by atoms with van der Waals surface area (Å²) in [7, 11) is 5.37. The Morgan fingerprint density at radius 2 is 1.72 bits per heavy atom. The molecule has 3 amide bonds. The number of amidine groups is 2. The molecule has 0 aliphatic carbocycles. The summed E-state index contributed by atoms with van der Waals surface area (Å²) in [5.41, 5.74) is 2.34. The van der Waals surface area contributed by atoms with E-state index in [1.54, 1.807) is 14.1 Å². The quantitative estimate of drug-likeness (QED) is 0.693. The number of piperazine rings is 1. The van der Waals surface area contributed by atoms with Crippen LogP contribution in [0.2, 0.25) is 0 Å². The van der Waals surface area contributed by atoms with E-state index in [0.29, 0.717) is 18.9 Å². The van der Waals surface area contributed by atoms with Crippen LogP contribution in [0.25, 0.3) is 0 Å². The summed E-state index contributed by atoms with van der Waals surface area (Å²) in [5.74, 6) is 1.19. The number of aryl methyl sites for hydroxylation is 1. The van der Waals surface area contributed by atoms with Gasteiger partial charge in [0.15, 0.2) is 0 Å². The third kappa shape index (κ3) is 3.58. The van der Waals surface area contributed by atoms with Crippen LogP contribution in [-0.4, -0.2) is 108 Å². The maximum atomic E-state index is 13.1. The highest BCUT2D eigenvalue weighted by Gasteiger charge is 2.53. The molecule has 1 aromatic rings. The lowest BCUT2D eigenvalue weighted by Gasteiger charge is -2.31. The van der Waals surface area contributed by atoms with E-state index in [2.05, 4.69) is 40.5 Å². The van der Waals surface area contributed by atoms with Crippen LogP contribution >= 0.6 is 0 Å². The fourth-order valence-corrected chi connectivity index (χ4v) is 4.13. The smallest absolute Gasteiger partial charge is 0.304 e. The van der Waals surface area contributed by atoms with E-state index in [4.69, 9.17) is 4.99 Å². The number of nitrogens with zero attached hydrogens (tertiary/aromatic N) is 6. The first kappa shape index (κ1) is 19.7. The van der Waals surface area contributed by atoms with Crippen LogP contribution in [0.15, 0.2) is 29.3 Å². The average Bonchev–Trinajstić information content (AvgIpc) is 3.06. The largest absolute Gasteiger partial charge is 0.333 e. The number of urea groups is 1. The van der Waals surface area contributed by atoms with E-state index >= 15 is 0 Å². The van der Waals surface area contributed by atoms with Crippen molar-refractivity contribution in [2.24, 2.45) is 4.99 Å². The standard InChI is InChI=1S/C21H29N6O2/c1-15-7-5-6-8-16(15)13-27-17(14-26-11-9-23(2)10-12-26)22-19-18(27)20(28)25(4)21(29)24(19)3/h5-8,18H,9-14H2,1-4H3/q+1. The zero-order valence-electron chi connectivity index (χ0n) is 17.6. The van der Waals surface area contributed by atoms with Crippen LogP contribution in [-0.2, 0) is 11.3 Å². The van der Waals surface area contributed by atoms with Crippen molar-refractivity contribution in [3.63, 3.8) is 0 Å². The molecule has 154 valence electrons. The van der Waals surface area contributed by atoms with Crippen LogP contribution in [0.1, 0.15) is 11.1 Å². The number of carbonyl (C=O) groups excluding carboxylic acids is 2. The van der Waals surface area contributed by atoms with Gasteiger partial charge in [0.2, 0.25) is 0 Å². The zero-order chi connectivity index (χ0) is 20.7. The molecule has 1 unspecified atom stereocenters. The minimum atomic E-state index is -0.551. The normalized spacial score (nSPS) is 23.7. The topological polar surface area (TPSA) is 62.5 Å². The molecule has 1 aromatic carbocycles. The molecule has 1 atom stereocenters. The highest BCUT2D eigenvalue weighted by molar-refractivity contribution is 6.23. The van der Waals surface area contributed by atoms with Crippen LogP contribution in [0.5, 0.6) is 0 Å². The molecule has 4 rings (SSSR count). The summed E-state index contributed by atoms with van der Waals surface area (Å²) in [6, 6.07) is 7.33. The first-order chi connectivity index (χ1) is 13.9. The molecule has 3 aliphatic heterocycles. The highest BCUT2D eigenvalue weighted by Crippen LogP contribution is 2.22. The molecule has 0 saturated carbocycles. The average molecular weight is 398 g/mol. The fourth-order valence-electron chi connectivity index (χ4n) is 4.13. The van der Waals surface area contributed by atoms with Crippen molar-refractivity contribution in [2.45, 2.75) is 19.5 Å². The molecule has 3 heterocycles. The molecular weight excluding hydrogens is 368 g/mol. The lowest BCUT2D eigenvalue weighted by molar-refractivity contribution is -0.552. The van der Waals surface area contributed by atoms with Gasteiger partial charge in [0, 0.05) is 40.3 Å². The number of fused-ring (bicyclic) bond motifs is 1. The van der Waals surface area contributed by atoms with Crippen molar-refractivity contribution in [1.82, 2.24) is 19.6 Å². The maximum Gasteiger partial charge on any atom is 0.333 e. The van der Waals surface area contributed by atoms with Crippen molar-refractivity contribution < 1.29 is 14.2 Å². The molecule has 29 heavy (non-hydrogen) atoms. The van der Waals surface area contributed by atoms with E-state index in [9.17, 15) is 9.59 Å². The third-order valence-electron chi connectivity index (χ3n) is 6.18. The van der Waals surface area contributed by atoms with Gasteiger partial charge >= 0.3 is 11.9 Å². The maximum absolute atomic E-state index is 13.1. The van der Waals surface area contributed by atoms with E-state index in [1.807, 2.05) is 12.1 Å². The number of hydrogen-bond acceptors (Lipinski definition) is 5. The molecule has 8 heteroatoms. The van der Waals surface area contributed by atoms with Crippen molar-refractivity contribution in [3.8, 4) is 0 Å². The second kappa shape index (κ2) is 7.68. The van der Waals surface area contributed by atoms with Crippen LogP contribution in [0, 0.1) is 6.92 Å². The van der Waals surface area contributed by atoms with Gasteiger partial charge < -0.3 is 4.90 Å². The number of aliphatic imine (C=N–C) groups is 1. The minimum Gasteiger partial charge on any atom is -0.304 e. The first-order valence-corrected chi connectivity index (χ1v) is 10.1. The molecule has 0 aromatic heterocycles. The lowest BCUT2D eigenvalue weighted by Crippen LogP contribution is -2.61. The summed E-state index contributed by atoms with van der Waals surface area (Å²) >= 11 is 0. The number of likely N-dealkylation sites (N-methyl/N-ethyl adjacent to an activating group) is 3. The van der Waals surface area contributed by atoms with Gasteiger partial charge in [0.25, 0.3) is 17.8 Å². The predicted octanol–water partition coefficient (Wildman–Crippen LogP) is 0.458. The molecule has 8 nitrogen and oxygen atoms in total. The number of rotatable bonds is 4. The molecule has 0 radical (unpaired) electrons. The highest BCUT2D eigenvalue weighted by atomic mass is 16.2. The van der Waals surface area contributed by atoms with Gasteiger partial charge in [-0.2, -0.15) is 0 Å². The monoisotopic (exact) mass is 397 g/mol. The summed E-state index contributed by atoms with van der Waals surface area (Å²) < 4.78 is 2.08. The molecule has 0 spiro atoms. The summed E-state index contributed by atoms with van der Waals surface area (Å²) in [6.45, 7) is 7.33. The number of hydrogen-bond donors (Lipinski definition) is 0. The second-order valence-corrected chi connectivity index (χ2v) is 8.16. The second-order valence-electron chi connectivity index (χ2n) is 8.16. The number of amides is 3. The van der Waals surface area contributed by atoms with Gasteiger partial charge in [-0.25, -0.2) is 9.37 Å². The van der Waals surface area contributed by atoms with Crippen molar-refractivity contribution in [2.75, 3.05) is 53.9 Å². The summed E-state index contributed by atoms with van der Waals surface area (Å²) in [6.07, 6.45) is 0. The van der Waals surface area contributed by atoms with Crippen molar-refractivity contribution in [3.05, 3.63) is 35.4 Å². The van der Waals surface area contributed by atoms with E-state index < -0.39 is 6.04 Å². The Hall–Kier alpha value is -2.58. The molecule has 0 bridgehead atoms. The molecule has 3 aliphatic rings. The van der Waals surface area contributed by atoms with Gasteiger partial charge in [-0.05, 0) is 30.1 Å². The lowest BCUT2D eigenvalue weighted by atomic mass is 10.1. The SMILES string of the molecule is Cc1ccccc1C[N+]1=C(CN2CCN(C)CC2)N=C2C1C(=O)N(C)C(=O)N2C. The Labute approximate surface area is 171 Å². The van der Waals surface area contributed by atoms with Crippen LogP contribution < -0.4 is 0 Å². The number of benzene rings is 1. The first-order valence-electron chi connectivity index (χ1n) is 10.1. The van der Waals surface area contributed by atoms with Crippen molar-refractivity contribution >= 4 is 23.6 Å². The Bertz CT molecular complexity index is 900. The van der Waals surface area contributed by atoms with Gasteiger partial charge in [0.05, 0.1) is 0 Å². The van der Waals surface area contributed by atoms with E-state index in [-0.39, 0.29) is 11.9 Å². The van der Waals surface area contributed by atoms with Crippen molar-refractivity contribution in [1.29, 1.82) is 0 Å². The zero-order valence-corrected chi connectivity index (χ0v) is 17.6. The predicted molar refractivity (Wildman–Crippen MR) is 111 cm³/mol. The van der Waals surface area contributed by atoms with Crippen LogP contribution in [0.4, 0.5) is 4.79 Å². The Balaban J connectivity index is 1.70. The Morgan fingerprint density at radius 1 is 1.03 bits per heavy atom. The summed E-state index contributed by atoms with van der Waals surface area (Å²) in [4.78, 5) is 37.7. The Morgan fingerprint density at radius 3 is 2.41 bits per heavy atom. The molecular formula is C21H29N6O2+. The van der Waals surface area contributed by atoms with Crippen LogP contribution in [0.3, 0.4) is 0 Å². The van der Waals surface area contributed by atoms with E-state index in [1.165, 1.54) is 15.4 Å². The summed E-state index contributed by atoms with van der Waals surface area (Å²) in [5, 5.41) is 0. The molecule has 0 N–H and O–H groups in total. The van der Waals surface area contributed by atoms with Gasteiger partial charge in [-0.15, -0.1) is 0 Å². The molecule has 2 saturated heterocycles. The third-order valence-corrected chi connectivity index (χ3v) is 6.18. The van der Waals surface area contributed by atoms with Gasteiger partial charge in [0.1, 0.15) is 13.1 Å². The number of imide groups is 1. The van der Waals surface area contributed by atoms with E-state index in [0.717, 1.165) is 37.6 Å². The molecule has 2 fully saturated rings. The van der Waals surface area contributed by atoms with Gasteiger partial charge in [-0.1, -0.05) is 24.3 Å². The Kier molecular flexibility index (Phi) is 5.23. The fraction of sp³-hybridized carbons (Fsp3) is 0.524. The number of carbonyl (C=O) groups is 2.